The smallest absolute Gasteiger partial charge is 0.191 e. The molecule has 0 aliphatic carbocycles. The Bertz CT molecular complexity index is 639. The number of halogens is 1. The Morgan fingerprint density at radius 3 is 2.91 bits per heavy atom. The molecule has 2 N–H and O–H groups in total. The van der Waals surface area contributed by atoms with Crippen molar-refractivity contribution < 1.29 is 4.39 Å². The highest BCUT2D eigenvalue weighted by atomic mass is 32.1. The van der Waals surface area contributed by atoms with Gasteiger partial charge in [0.15, 0.2) is 5.96 Å². The van der Waals surface area contributed by atoms with Crippen molar-refractivity contribution in [2.24, 2.45) is 4.99 Å². The van der Waals surface area contributed by atoms with Gasteiger partial charge in [0.25, 0.3) is 0 Å². The zero-order chi connectivity index (χ0) is 16.5. The van der Waals surface area contributed by atoms with E-state index in [9.17, 15) is 4.39 Å². The molecule has 0 spiro atoms. The summed E-state index contributed by atoms with van der Waals surface area (Å²) in [5.74, 6) is 0.529. The van der Waals surface area contributed by atoms with E-state index in [1.807, 2.05) is 19.9 Å². The van der Waals surface area contributed by atoms with Crippen molar-refractivity contribution >= 4 is 17.3 Å². The molecule has 0 fully saturated rings. The van der Waals surface area contributed by atoms with Gasteiger partial charge >= 0.3 is 0 Å². The van der Waals surface area contributed by atoms with E-state index in [1.54, 1.807) is 17.4 Å². The molecule has 0 unspecified atom stereocenters. The monoisotopic (exact) mass is 334 g/mol. The molecule has 6 heteroatoms. The second-order valence-corrected chi connectivity index (χ2v) is 6.18. The maximum absolute atomic E-state index is 13.2. The van der Waals surface area contributed by atoms with Crippen LogP contribution in [0.25, 0.3) is 0 Å². The predicted molar refractivity (Wildman–Crippen MR) is 94.4 cm³/mol. The molecular weight excluding hydrogens is 311 g/mol. The molecule has 2 rings (SSSR count). The Morgan fingerprint density at radius 1 is 1.35 bits per heavy atom. The molecule has 1 heterocycles. The number of aryl methyl sites for hydroxylation is 2. The second-order valence-electron chi connectivity index (χ2n) is 5.24. The number of rotatable bonds is 7. The SMILES string of the molecule is CCNC(=NCc1cccc(F)c1)NCCCc1nc(C)cs1. The summed E-state index contributed by atoms with van der Waals surface area (Å²) >= 11 is 1.71. The summed E-state index contributed by atoms with van der Waals surface area (Å²) in [5, 5.41) is 9.76. The predicted octanol–water partition coefficient (Wildman–Crippen LogP) is 3.28. The van der Waals surface area contributed by atoms with Gasteiger partial charge in [-0.1, -0.05) is 12.1 Å². The summed E-state index contributed by atoms with van der Waals surface area (Å²) in [7, 11) is 0. The first-order valence-electron chi connectivity index (χ1n) is 7.85. The first-order chi connectivity index (χ1) is 11.2. The Morgan fingerprint density at radius 2 is 2.22 bits per heavy atom. The van der Waals surface area contributed by atoms with Crippen molar-refractivity contribution in [2.75, 3.05) is 13.1 Å². The Labute approximate surface area is 140 Å². The van der Waals surface area contributed by atoms with Crippen molar-refractivity contribution in [2.45, 2.75) is 33.2 Å². The summed E-state index contributed by atoms with van der Waals surface area (Å²) in [6, 6.07) is 6.53. The average molecular weight is 334 g/mol. The van der Waals surface area contributed by atoms with Gasteiger partial charge in [-0.2, -0.15) is 0 Å². The fourth-order valence-electron chi connectivity index (χ4n) is 2.11. The van der Waals surface area contributed by atoms with Gasteiger partial charge in [0.2, 0.25) is 0 Å². The minimum absolute atomic E-state index is 0.227. The van der Waals surface area contributed by atoms with Gasteiger partial charge in [0.05, 0.1) is 11.6 Å². The van der Waals surface area contributed by atoms with Crippen molar-refractivity contribution in [1.82, 2.24) is 15.6 Å². The molecule has 23 heavy (non-hydrogen) atoms. The lowest BCUT2D eigenvalue weighted by Gasteiger charge is -2.11. The molecule has 0 bridgehead atoms. The van der Waals surface area contributed by atoms with E-state index in [1.165, 1.54) is 17.1 Å². The average Bonchev–Trinajstić information content (AvgIpc) is 2.94. The van der Waals surface area contributed by atoms with Gasteiger partial charge in [-0.05, 0) is 38.0 Å². The highest BCUT2D eigenvalue weighted by Gasteiger charge is 2.01. The number of benzene rings is 1. The summed E-state index contributed by atoms with van der Waals surface area (Å²) in [6.45, 7) is 6.12. The van der Waals surface area contributed by atoms with E-state index in [2.05, 4.69) is 26.0 Å². The lowest BCUT2D eigenvalue weighted by molar-refractivity contribution is 0.625. The normalized spacial score (nSPS) is 11.5. The first-order valence-corrected chi connectivity index (χ1v) is 8.73. The Hall–Kier alpha value is -1.95. The van der Waals surface area contributed by atoms with Crippen LogP contribution < -0.4 is 10.6 Å². The lowest BCUT2D eigenvalue weighted by atomic mass is 10.2. The Kier molecular flexibility index (Phi) is 7.00. The molecule has 124 valence electrons. The van der Waals surface area contributed by atoms with Gasteiger partial charge < -0.3 is 10.6 Å². The molecule has 0 amide bonds. The fraction of sp³-hybridized carbons (Fsp3) is 0.412. The van der Waals surface area contributed by atoms with E-state index in [0.29, 0.717) is 6.54 Å². The van der Waals surface area contributed by atoms with Crippen LogP contribution in [0.3, 0.4) is 0 Å². The summed E-state index contributed by atoms with van der Waals surface area (Å²) in [4.78, 5) is 8.95. The van der Waals surface area contributed by atoms with Crippen molar-refractivity contribution in [3.05, 3.63) is 51.7 Å². The van der Waals surface area contributed by atoms with E-state index in [-0.39, 0.29) is 5.82 Å². The zero-order valence-corrected chi connectivity index (χ0v) is 14.4. The molecule has 0 atom stereocenters. The minimum atomic E-state index is -0.227. The second kappa shape index (κ2) is 9.25. The van der Waals surface area contributed by atoms with Gasteiger partial charge in [-0.3, -0.25) is 0 Å². The molecule has 0 radical (unpaired) electrons. The topological polar surface area (TPSA) is 49.3 Å². The number of nitrogens with zero attached hydrogens (tertiary/aromatic N) is 2. The van der Waals surface area contributed by atoms with E-state index in [0.717, 1.165) is 43.1 Å². The van der Waals surface area contributed by atoms with Crippen LogP contribution in [-0.4, -0.2) is 24.0 Å². The summed E-state index contributed by atoms with van der Waals surface area (Å²) < 4.78 is 13.2. The van der Waals surface area contributed by atoms with Crippen molar-refractivity contribution in [3.63, 3.8) is 0 Å². The number of hydrogen-bond donors (Lipinski definition) is 2. The maximum atomic E-state index is 13.2. The lowest BCUT2D eigenvalue weighted by Crippen LogP contribution is -2.37. The summed E-state index contributed by atoms with van der Waals surface area (Å²) in [6.07, 6.45) is 1.96. The molecular formula is C17H23FN4S. The third-order valence-corrected chi connectivity index (χ3v) is 4.21. The van der Waals surface area contributed by atoms with Gasteiger partial charge in [-0.25, -0.2) is 14.4 Å². The number of guanidine groups is 1. The van der Waals surface area contributed by atoms with Crippen LogP contribution in [-0.2, 0) is 13.0 Å². The molecule has 0 aliphatic heterocycles. The van der Waals surface area contributed by atoms with Crippen LogP contribution in [0.1, 0.15) is 29.6 Å². The van der Waals surface area contributed by atoms with Crippen LogP contribution in [0, 0.1) is 12.7 Å². The molecule has 1 aromatic carbocycles. The fourth-order valence-corrected chi connectivity index (χ4v) is 2.93. The highest BCUT2D eigenvalue weighted by molar-refractivity contribution is 7.09. The van der Waals surface area contributed by atoms with E-state index in [4.69, 9.17) is 0 Å². The molecule has 1 aromatic heterocycles. The summed E-state index contributed by atoms with van der Waals surface area (Å²) in [5.41, 5.74) is 1.95. The van der Waals surface area contributed by atoms with Crippen LogP contribution in [0.4, 0.5) is 4.39 Å². The zero-order valence-electron chi connectivity index (χ0n) is 13.6. The van der Waals surface area contributed by atoms with Crippen LogP contribution in [0.15, 0.2) is 34.6 Å². The molecule has 0 saturated carbocycles. The van der Waals surface area contributed by atoms with Gasteiger partial charge in [0.1, 0.15) is 5.82 Å². The van der Waals surface area contributed by atoms with Gasteiger partial charge in [0, 0.05) is 30.6 Å². The van der Waals surface area contributed by atoms with Gasteiger partial charge in [-0.15, -0.1) is 11.3 Å². The molecule has 0 aliphatic rings. The largest absolute Gasteiger partial charge is 0.357 e. The number of thiazole rings is 1. The Balaban J connectivity index is 1.79. The van der Waals surface area contributed by atoms with E-state index >= 15 is 0 Å². The first kappa shape index (κ1) is 17.4. The number of aromatic nitrogens is 1. The third kappa shape index (κ3) is 6.36. The highest BCUT2D eigenvalue weighted by Crippen LogP contribution is 2.10. The molecule has 2 aromatic rings. The van der Waals surface area contributed by atoms with Crippen molar-refractivity contribution in [3.8, 4) is 0 Å². The molecule has 0 saturated heterocycles. The van der Waals surface area contributed by atoms with E-state index < -0.39 is 0 Å². The quantitative estimate of drug-likeness (QED) is 0.464. The van der Waals surface area contributed by atoms with Crippen LogP contribution >= 0.6 is 11.3 Å². The number of aliphatic imine (C=N–C) groups is 1. The number of hydrogen-bond acceptors (Lipinski definition) is 3. The molecule has 4 nitrogen and oxygen atoms in total. The van der Waals surface area contributed by atoms with Crippen molar-refractivity contribution in [1.29, 1.82) is 0 Å². The standard InChI is InChI=1S/C17H23FN4S/c1-3-19-17(21-11-14-6-4-7-15(18)10-14)20-9-5-8-16-22-13(2)12-23-16/h4,6-7,10,12H,3,5,8-9,11H2,1-2H3,(H2,19,20,21). The minimum Gasteiger partial charge on any atom is -0.357 e. The number of nitrogens with one attached hydrogen (secondary N) is 2. The maximum Gasteiger partial charge on any atom is 0.191 e. The van der Waals surface area contributed by atoms with Crippen LogP contribution in [0.5, 0.6) is 0 Å². The van der Waals surface area contributed by atoms with Crippen LogP contribution in [0.2, 0.25) is 0 Å². The third-order valence-electron chi connectivity index (χ3n) is 3.18.